The van der Waals surface area contributed by atoms with Gasteiger partial charge in [0.1, 0.15) is 8.07 Å². The van der Waals surface area contributed by atoms with Crippen LogP contribution in [0.4, 0.5) is 13.2 Å². The van der Waals surface area contributed by atoms with Crippen molar-refractivity contribution in [1.82, 2.24) is 0 Å². The van der Waals surface area contributed by atoms with E-state index >= 15 is 0 Å². The van der Waals surface area contributed by atoms with Gasteiger partial charge in [0.05, 0.1) is 6.61 Å². The number of rotatable bonds is 3. The van der Waals surface area contributed by atoms with Crippen LogP contribution in [0, 0.1) is 11.5 Å². The number of alkyl halides is 3. The third-order valence-corrected chi connectivity index (χ3v) is 3.18. The molecule has 0 bridgehead atoms. The standard InChI is InChI=1S/C8H13F3O3SSi/c1-16(2,3)7-5-4-6-14-15(12,13)8(9,10)11/h4,6H2,1-3H3. The Morgan fingerprint density at radius 1 is 1.25 bits per heavy atom. The van der Waals surface area contributed by atoms with Gasteiger partial charge in [0.25, 0.3) is 0 Å². The zero-order valence-electron chi connectivity index (χ0n) is 9.18. The van der Waals surface area contributed by atoms with E-state index in [2.05, 4.69) is 15.6 Å². The van der Waals surface area contributed by atoms with Crippen LogP contribution >= 0.6 is 0 Å². The lowest BCUT2D eigenvalue weighted by atomic mass is 10.5. The van der Waals surface area contributed by atoms with Crippen molar-refractivity contribution in [2.45, 2.75) is 31.6 Å². The lowest BCUT2D eigenvalue weighted by Gasteiger charge is -2.07. The van der Waals surface area contributed by atoms with Gasteiger partial charge in [-0.25, -0.2) is 0 Å². The summed E-state index contributed by atoms with van der Waals surface area (Å²) in [6.45, 7) is 5.33. The minimum absolute atomic E-state index is 0.0282. The molecule has 0 spiro atoms. The molecule has 94 valence electrons. The molecule has 0 aliphatic carbocycles. The van der Waals surface area contributed by atoms with Gasteiger partial charge in [-0.15, -0.1) is 11.5 Å². The highest BCUT2D eigenvalue weighted by Crippen LogP contribution is 2.24. The molecule has 3 nitrogen and oxygen atoms in total. The van der Waals surface area contributed by atoms with Gasteiger partial charge in [-0.2, -0.15) is 21.6 Å². The second-order valence-corrected chi connectivity index (χ2v) is 10.4. The Morgan fingerprint density at radius 3 is 2.12 bits per heavy atom. The SMILES string of the molecule is C[Si](C)(C)C#CCCOS(=O)(=O)C(F)(F)F. The van der Waals surface area contributed by atoms with Crippen LogP contribution < -0.4 is 0 Å². The number of hydrogen-bond acceptors (Lipinski definition) is 3. The Labute approximate surface area is 94.1 Å². The third kappa shape index (κ3) is 6.15. The van der Waals surface area contributed by atoms with Gasteiger partial charge in [-0.05, 0) is 0 Å². The minimum Gasteiger partial charge on any atom is -0.262 e. The van der Waals surface area contributed by atoms with Gasteiger partial charge in [-0.1, -0.05) is 19.6 Å². The summed E-state index contributed by atoms with van der Waals surface area (Å²) >= 11 is 0. The summed E-state index contributed by atoms with van der Waals surface area (Å²) in [5.41, 5.74) is -2.48. The molecular weight excluding hydrogens is 261 g/mol. The Hall–Kier alpha value is -0.523. The molecule has 0 fully saturated rings. The first-order chi connectivity index (χ1) is 6.96. The Bertz CT molecular complexity index is 383. The summed E-state index contributed by atoms with van der Waals surface area (Å²) in [5.74, 6) is 2.60. The van der Waals surface area contributed by atoms with E-state index in [-0.39, 0.29) is 6.42 Å². The number of halogens is 3. The van der Waals surface area contributed by atoms with E-state index in [0.29, 0.717) is 0 Å². The topological polar surface area (TPSA) is 43.4 Å². The molecule has 0 aliphatic heterocycles. The van der Waals surface area contributed by atoms with Crippen molar-refractivity contribution in [3.63, 3.8) is 0 Å². The van der Waals surface area contributed by atoms with Crippen LogP contribution in [0.15, 0.2) is 0 Å². The summed E-state index contributed by atoms with van der Waals surface area (Å²) in [7, 11) is -7.05. The zero-order valence-corrected chi connectivity index (χ0v) is 11.0. The quantitative estimate of drug-likeness (QED) is 0.260. The summed E-state index contributed by atoms with van der Waals surface area (Å²) < 4.78 is 60.0. The maximum Gasteiger partial charge on any atom is 0.523 e. The van der Waals surface area contributed by atoms with E-state index in [1.165, 1.54) is 0 Å². The molecule has 0 radical (unpaired) electrons. The predicted molar refractivity (Wildman–Crippen MR) is 56.7 cm³/mol. The van der Waals surface area contributed by atoms with Crippen LogP contribution in [-0.4, -0.2) is 28.6 Å². The molecule has 8 heteroatoms. The molecule has 0 saturated carbocycles. The highest BCUT2D eigenvalue weighted by Gasteiger charge is 2.47. The summed E-state index contributed by atoms with van der Waals surface area (Å²) in [6, 6.07) is 0. The van der Waals surface area contributed by atoms with Crippen LogP contribution in [0.25, 0.3) is 0 Å². The van der Waals surface area contributed by atoms with Gasteiger partial charge in [0.2, 0.25) is 0 Å². The van der Waals surface area contributed by atoms with Gasteiger partial charge in [0, 0.05) is 6.42 Å². The van der Waals surface area contributed by atoms with Crippen molar-refractivity contribution in [2.24, 2.45) is 0 Å². The zero-order chi connectivity index (χ0) is 13.0. The molecule has 0 N–H and O–H groups in total. The molecular formula is C8H13F3O3SSi. The molecule has 0 aromatic heterocycles. The second-order valence-electron chi connectivity index (χ2n) is 4.02. The fourth-order valence-electron chi connectivity index (χ4n) is 0.597. The van der Waals surface area contributed by atoms with Gasteiger partial charge in [-0.3, -0.25) is 4.18 Å². The maximum atomic E-state index is 11.8. The highest BCUT2D eigenvalue weighted by molar-refractivity contribution is 7.87. The fourth-order valence-corrected chi connectivity index (χ4v) is 1.69. The van der Waals surface area contributed by atoms with Crippen molar-refractivity contribution in [1.29, 1.82) is 0 Å². The largest absolute Gasteiger partial charge is 0.523 e. The molecule has 0 unspecified atom stereocenters. The average Bonchev–Trinajstić information content (AvgIpc) is 1.98. The monoisotopic (exact) mass is 274 g/mol. The van der Waals surface area contributed by atoms with Crippen molar-refractivity contribution in [3.8, 4) is 11.5 Å². The average molecular weight is 274 g/mol. The van der Waals surface area contributed by atoms with Crippen LogP contribution in [-0.2, 0) is 14.3 Å². The predicted octanol–water partition coefficient (Wildman–Crippen LogP) is 2.12. The van der Waals surface area contributed by atoms with Crippen molar-refractivity contribution >= 4 is 18.2 Å². The molecule has 0 atom stereocenters. The minimum atomic E-state index is -5.47. The normalized spacial score (nSPS) is 13.1. The van der Waals surface area contributed by atoms with Crippen LogP contribution in [0.5, 0.6) is 0 Å². The van der Waals surface area contributed by atoms with E-state index in [1.54, 1.807) is 0 Å². The lowest BCUT2D eigenvalue weighted by molar-refractivity contribution is -0.0540. The lowest BCUT2D eigenvalue weighted by Crippen LogP contribution is -2.25. The van der Waals surface area contributed by atoms with Crippen molar-refractivity contribution in [2.75, 3.05) is 6.61 Å². The van der Waals surface area contributed by atoms with E-state index in [4.69, 9.17) is 0 Å². The highest BCUT2D eigenvalue weighted by atomic mass is 32.2. The summed E-state index contributed by atoms with van der Waals surface area (Å²) in [6.07, 6.45) is -0.0282. The van der Waals surface area contributed by atoms with Gasteiger partial charge < -0.3 is 0 Å². The first kappa shape index (κ1) is 15.5. The smallest absolute Gasteiger partial charge is 0.262 e. The fraction of sp³-hybridized carbons (Fsp3) is 0.750. The second kappa shape index (κ2) is 5.20. The maximum absolute atomic E-state index is 11.8. The van der Waals surface area contributed by atoms with E-state index < -0.39 is 30.3 Å². The summed E-state index contributed by atoms with van der Waals surface area (Å²) in [5, 5.41) is 0. The molecule has 0 aromatic carbocycles. The van der Waals surface area contributed by atoms with Crippen LogP contribution in [0.1, 0.15) is 6.42 Å². The van der Waals surface area contributed by atoms with Gasteiger partial charge in [0.15, 0.2) is 0 Å². The number of hydrogen-bond donors (Lipinski definition) is 0. The molecule has 0 heterocycles. The molecule has 0 amide bonds. The van der Waals surface area contributed by atoms with E-state index in [0.717, 1.165) is 0 Å². The molecule has 0 saturated heterocycles. The Kier molecular flexibility index (Phi) is 5.03. The molecule has 0 rings (SSSR count). The molecule has 0 aliphatic rings. The summed E-state index contributed by atoms with van der Waals surface area (Å²) in [4.78, 5) is 0. The van der Waals surface area contributed by atoms with Crippen molar-refractivity contribution in [3.05, 3.63) is 0 Å². The first-order valence-electron chi connectivity index (χ1n) is 4.41. The van der Waals surface area contributed by atoms with Crippen LogP contribution in [0.2, 0.25) is 19.6 Å². The third-order valence-electron chi connectivity index (χ3n) is 1.21. The molecule has 0 aromatic rings. The Morgan fingerprint density at radius 2 is 1.75 bits per heavy atom. The van der Waals surface area contributed by atoms with Crippen molar-refractivity contribution < 1.29 is 25.8 Å². The van der Waals surface area contributed by atoms with Gasteiger partial charge >= 0.3 is 15.6 Å². The Balaban J connectivity index is 4.16. The van der Waals surface area contributed by atoms with E-state index in [9.17, 15) is 21.6 Å². The van der Waals surface area contributed by atoms with E-state index in [1.807, 2.05) is 19.6 Å². The molecule has 16 heavy (non-hydrogen) atoms. The van der Waals surface area contributed by atoms with Crippen LogP contribution in [0.3, 0.4) is 0 Å². The first-order valence-corrected chi connectivity index (χ1v) is 9.32.